The van der Waals surface area contributed by atoms with E-state index in [2.05, 4.69) is 0 Å². The Kier molecular flexibility index (Phi) is 5.28. The molecule has 0 aliphatic heterocycles. The second-order valence-electron chi connectivity index (χ2n) is 7.30. The van der Waals surface area contributed by atoms with Crippen LogP contribution in [0.15, 0.2) is 70.7 Å². The Balaban J connectivity index is 1.85. The van der Waals surface area contributed by atoms with Crippen molar-refractivity contribution in [2.75, 3.05) is 0 Å². The standard InChI is InChI=1S/C23H22FN3OS/c1-15(2)27-22(28)21-20(19(13-26(21)3)17-7-5-4-6-8-17)25-23(27)29-14-16-9-11-18(24)12-10-16/h4-13,15H,14H2,1-3H3. The van der Waals surface area contributed by atoms with E-state index in [1.54, 1.807) is 16.7 Å². The lowest BCUT2D eigenvalue weighted by atomic mass is 10.1. The van der Waals surface area contributed by atoms with E-state index < -0.39 is 0 Å². The summed E-state index contributed by atoms with van der Waals surface area (Å²) in [5.74, 6) is 0.354. The van der Waals surface area contributed by atoms with Gasteiger partial charge in [0.25, 0.3) is 5.56 Å². The highest BCUT2D eigenvalue weighted by Gasteiger charge is 2.20. The Morgan fingerprint density at radius 3 is 2.41 bits per heavy atom. The van der Waals surface area contributed by atoms with E-state index in [0.29, 0.717) is 21.9 Å². The van der Waals surface area contributed by atoms with Crippen LogP contribution < -0.4 is 5.56 Å². The molecule has 148 valence electrons. The van der Waals surface area contributed by atoms with Crippen LogP contribution >= 0.6 is 11.8 Å². The molecule has 4 aromatic rings. The maximum Gasteiger partial charge on any atom is 0.278 e. The van der Waals surface area contributed by atoms with E-state index in [9.17, 15) is 9.18 Å². The number of thioether (sulfide) groups is 1. The molecule has 4 rings (SSSR count). The van der Waals surface area contributed by atoms with Crippen LogP contribution in [0.4, 0.5) is 4.39 Å². The van der Waals surface area contributed by atoms with Crippen molar-refractivity contribution in [2.24, 2.45) is 7.05 Å². The van der Waals surface area contributed by atoms with Gasteiger partial charge in [0.05, 0.1) is 0 Å². The summed E-state index contributed by atoms with van der Waals surface area (Å²) in [5, 5.41) is 0.671. The normalized spacial score (nSPS) is 11.5. The number of hydrogen-bond donors (Lipinski definition) is 0. The lowest BCUT2D eigenvalue weighted by molar-refractivity contribution is 0.517. The zero-order valence-electron chi connectivity index (χ0n) is 16.6. The molecule has 0 fully saturated rings. The summed E-state index contributed by atoms with van der Waals surface area (Å²) in [6, 6.07) is 16.4. The summed E-state index contributed by atoms with van der Waals surface area (Å²) in [7, 11) is 1.88. The first-order valence-corrected chi connectivity index (χ1v) is 10.5. The van der Waals surface area contributed by atoms with Gasteiger partial charge < -0.3 is 4.57 Å². The molecule has 0 atom stereocenters. The number of aromatic nitrogens is 3. The first kappa shape index (κ1) is 19.5. The number of benzene rings is 2. The minimum atomic E-state index is -0.255. The molecular formula is C23H22FN3OS. The number of halogens is 1. The minimum Gasteiger partial charge on any atom is -0.344 e. The Hall–Kier alpha value is -2.86. The van der Waals surface area contributed by atoms with Gasteiger partial charge in [0.1, 0.15) is 16.9 Å². The maximum atomic E-state index is 13.4. The molecule has 2 aromatic heterocycles. The van der Waals surface area contributed by atoms with Crippen LogP contribution in [0, 0.1) is 5.82 Å². The number of hydrogen-bond acceptors (Lipinski definition) is 3. The third kappa shape index (κ3) is 3.72. The molecule has 0 aliphatic carbocycles. The molecular weight excluding hydrogens is 385 g/mol. The van der Waals surface area contributed by atoms with E-state index in [0.717, 1.165) is 16.7 Å². The predicted octanol–water partition coefficient (Wildman–Crippen LogP) is 5.41. The Morgan fingerprint density at radius 2 is 1.76 bits per heavy atom. The monoisotopic (exact) mass is 407 g/mol. The predicted molar refractivity (Wildman–Crippen MR) is 117 cm³/mol. The van der Waals surface area contributed by atoms with Gasteiger partial charge in [0, 0.05) is 30.6 Å². The summed E-state index contributed by atoms with van der Waals surface area (Å²) in [4.78, 5) is 18.3. The fourth-order valence-electron chi connectivity index (χ4n) is 3.44. The van der Waals surface area contributed by atoms with Crippen LogP contribution in [-0.4, -0.2) is 14.1 Å². The van der Waals surface area contributed by atoms with Crippen LogP contribution in [-0.2, 0) is 12.8 Å². The van der Waals surface area contributed by atoms with E-state index >= 15 is 0 Å². The van der Waals surface area contributed by atoms with Crippen molar-refractivity contribution < 1.29 is 4.39 Å². The molecule has 0 amide bonds. The molecule has 0 bridgehead atoms. The van der Waals surface area contributed by atoms with Crippen LogP contribution in [0.1, 0.15) is 25.5 Å². The Morgan fingerprint density at radius 1 is 1.07 bits per heavy atom. The molecule has 0 unspecified atom stereocenters. The molecule has 0 saturated heterocycles. The van der Waals surface area contributed by atoms with E-state index in [1.165, 1.54) is 23.9 Å². The second kappa shape index (κ2) is 7.87. The van der Waals surface area contributed by atoms with Gasteiger partial charge in [-0.25, -0.2) is 9.37 Å². The molecule has 29 heavy (non-hydrogen) atoms. The number of rotatable bonds is 5. The topological polar surface area (TPSA) is 39.8 Å². The van der Waals surface area contributed by atoms with Crippen molar-refractivity contribution in [1.29, 1.82) is 0 Å². The van der Waals surface area contributed by atoms with Crippen LogP contribution in [0.25, 0.3) is 22.2 Å². The lowest BCUT2D eigenvalue weighted by Gasteiger charge is -2.16. The minimum absolute atomic E-state index is 0.0230. The Bertz CT molecular complexity index is 1210. The average Bonchev–Trinajstić information content (AvgIpc) is 3.04. The zero-order valence-corrected chi connectivity index (χ0v) is 17.4. The third-order valence-corrected chi connectivity index (χ3v) is 5.90. The summed E-state index contributed by atoms with van der Waals surface area (Å²) in [5.41, 5.74) is 4.22. The summed E-state index contributed by atoms with van der Waals surface area (Å²) < 4.78 is 16.8. The van der Waals surface area contributed by atoms with Gasteiger partial charge in [-0.1, -0.05) is 54.2 Å². The molecule has 0 radical (unpaired) electrons. The fraction of sp³-hybridized carbons (Fsp3) is 0.217. The van der Waals surface area contributed by atoms with Crippen molar-refractivity contribution in [2.45, 2.75) is 30.8 Å². The molecule has 2 heterocycles. The van der Waals surface area contributed by atoms with Crippen LogP contribution in [0.2, 0.25) is 0 Å². The summed E-state index contributed by atoms with van der Waals surface area (Å²) in [6.45, 7) is 3.97. The Labute approximate surface area is 173 Å². The first-order chi connectivity index (χ1) is 14.0. The van der Waals surface area contributed by atoms with Gasteiger partial charge >= 0.3 is 0 Å². The van der Waals surface area contributed by atoms with Gasteiger partial charge in [0.2, 0.25) is 0 Å². The highest BCUT2D eigenvalue weighted by Crippen LogP contribution is 2.30. The van der Waals surface area contributed by atoms with Crippen LogP contribution in [0.5, 0.6) is 0 Å². The molecule has 0 spiro atoms. The van der Waals surface area contributed by atoms with E-state index in [-0.39, 0.29) is 17.4 Å². The second-order valence-corrected chi connectivity index (χ2v) is 8.24. The molecule has 6 heteroatoms. The van der Waals surface area contributed by atoms with E-state index in [1.807, 2.05) is 62.0 Å². The highest BCUT2D eigenvalue weighted by atomic mass is 32.2. The van der Waals surface area contributed by atoms with Crippen molar-refractivity contribution in [3.05, 3.63) is 82.5 Å². The quantitative estimate of drug-likeness (QED) is 0.328. The number of fused-ring (bicyclic) bond motifs is 1. The largest absolute Gasteiger partial charge is 0.344 e. The molecule has 2 aromatic carbocycles. The van der Waals surface area contributed by atoms with Gasteiger partial charge in [-0.15, -0.1) is 0 Å². The maximum absolute atomic E-state index is 13.4. The summed E-state index contributed by atoms with van der Waals surface area (Å²) in [6.07, 6.45) is 1.97. The van der Waals surface area contributed by atoms with Gasteiger partial charge in [0.15, 0.2) is 5.16 Å². The third-order valence-electron chi connectivity index (χ3n) is 4.87. The lowest BCUT2D eigenvalue weighted by Crippen LogP contribution is -2.26. The van der Waals surface area contributed by atoms with Crippen molar-refractivity contribution >= 4 is 22.8 Å². The highest BCUT2D eigenvalue weighted by molar-refractivity contribution is 7.98. The van der Waals surface area contributed by atoms with Crippen molar-refractivity contribution in [3.8, 4) is 11.1 Å². The van der Waals surface area contributed by atoms with Crippen molar-refractivity contribution in [1.82, 2.24) is 14.1 Å². The smallest absolute Gasteiger partial charge is 0.278 e. The van der Waals surface area contributed by atoms with Gasteiger partial charge in [-0.3, -0.25) is 9.36 Å². The first-order valence-electron chi connectivity index (χ1n) is 9.50. The molecule has 0 aliphatic rings. The molecule has 0 saturated carbocycles. The number of nitrogens with zero attached hydrogens (tertiary/aromatic N) is 3. The van der Waals surface area contributed by atoms with Crippen LogP contribution in [0.3, 0.4) is 0 Å². The van der Waals surface area contributed by atoms with Gasteiger partial charge in [-0.2, -0.15) is 0 Å². The molecule has 4 nitrogen and oxygen atoms in total. The molecule has 0 N–H and O–H groups in total. The SMILES string of the molecule is CC(C)n1c(SCc2ccc(F)cc2)nc2c(-c3ccccc3)cn(C)c2c1=O. The zero-order chi connectivity index (χ0) is 20.5. The number of aryl methyl sites for hydroxylation is 1. The van der Waals surface area contributed by atoms with Crippen molar-refractivity contribution in [3.63, 3.8) is 0 Å². The fourth-order valence-corrected chi connectivity index (χ4v) is 4.52. The summed E-state index contributed by atoms with van der Waals surface area (Å²) >= 11 is 1.50. The van der Waals surface area contributed by atoms with E-state index in [4.69, 9.17) is 4.98 Å². The van der Waals surface area contributed by atoms with Gasteiger partial charge in [-0.05, 0) is 37.1 Å². The average molecular weight is 408 g/mol.